The highest BCUT2D eigenvalue weighted by molar-refractivity contribution is 9.10. The van der Waals surface area contributed by atoms with Crippen molar-refractivity contribution in [2.75, 3.05) is 19.8 Å². The van der Waals surface area contributed by atoms with Crippen LogP contribution in [0.1, 0.15) is 18.9 Å². The van der Waals surface area contributed by atoms with Crippen molar-refractivity contribution in [3.63, 3.8) is 0 Å². The normalized spacial score (nSPS) is 18.1. The molecular formula is C13H17BrO2. The third-order valence-electron chi connectivity index (χ3n) is 3.16. The maximum Gasteiger partial charge on any atom is 0.0717 e. The molecule has 1 aromatic rings. The van der Waals surface area contributed by atoms with E-state index in [9.17, 15) is 0 Å². The molecule has 1 aliphatic rings. The molecule has 1 saturated heterocycles. The van der Waals surface area contributed by atoms with Gasteiger partial charge in [-0.2, -0.15) is 0 Å². The first-order valence-electron chi connectivity index (χ1n) is 5.64. The molecule has 0 aromatic heterocycles. The molecule has 0 radical (unpaired) electrons. The monoisotopic (exact) mass is 284 g/mol. The zero-order valence-corrected chi connectivity index (χ0v) is 11.1. The average molecular weight is 285 g/mol. The first-order chi connectivity index (χ1) is 7.74. The average Bonchev–Trinajstić information content (AvgIpc) is 2.25. The van der Waals surface area contributed by atoms with Crippen molar-refractivity contribution >= 4 is 15.9 Å². The van der Waals surface area contributed by atoms with Gasteiger partial charge in [0.05, 0.1) is 26.4 Å². The number of benzene rings is 1. The van der Waals surface area contributed by atoms with Gasteiger partial charge < -0.3 is 9.47 Å². The zero-order chi connectivity index (χ0) is 11.4. The van der Waals surface area contributed by atoms with E-state index in [1.165, 1.54) is 5.56 Å². The Morgan fingerprint density at radius 1 is 1.31 bits per heavy atom. The van der Waals surface area contributed by atoms with Crippen molar-refractivity contribution < 1.29 is 9.47 Å². The van der Waals surface area contributed by atoms with Crippen LogP contribution in [0, 0.1) is 5.41 Å². The fraction of sp³-hybridized carbons (Fsp3) is 0.538. The van der Waals surface area contributed by atoms with Crippen molar-refractivity contribution in [3.8, 4) is 0 Å². The summed E-state index contributed by atoms with van der Waals surface area (Å²) in [5.74, 6) is 0. The number of halogens is 1. The lowest BCUT2D eigenvalue weighted by molar-refractivity contribution is -0.152. The van der Waals surface area contributed by atoms with E-state index in [0.29, 0.717) is 6.61 Å². The second-order valence-corrected chi connectivity index (χ2v) is 5.38. The fourth-order valence-electron chi connectivity index (χ4n) is 1.75. The van der Waals surface area contributed by atoms with Gasteiger partial charge in [0, 0.05) is 9.89 Å². The Hall–Kier alpha value is -0.380. The minimum atomic E-state index is 0.287. The van der Waals surface area contributed by atoms with Gasteiger partial charge in [-0.25, -0.2) is 0 Å². The highest BCUT2D eigenvalue weighted by atomic mass is 79.9. The van der Waals surface area contributed by atoms with Gasteiger partial charge in [0.25, 0.3) is 0 Å². The molecule has 1 fully saturated rings. The lowest BCUT2D eigenvalue weighted by Crippen LogP contribution is -2.45. The van der Waals surface area contributed by atoms with Crippen LogP contribution in [0.2, 0.25) is 0 Å². The molecule has 2 nitrogen and oxygen atoms in total. The second-order valence-electron chi connectivity index (χ2n) is 4.47. The molecule has 2 rings (SSSR count). The van der Waals surface area contributed by atoms with Gasteiger partial charge in [-0.3, -0.25) is 0 Å². The van der Waals surface area contributed by atoms with Crippen LogP contribution in [0.4, 0.5) is 0 Å². The standard InChI is InChI=1S/C13H17BrO2/c1-2-13(9-16-10-13)8-15-7-11-3-5-12(14)6-4-11/h3-6H,2,7-10H2,1H3. The zero-order valence-electron chi connectivity index (χ0n) is 9.54. The molecule has 3 heteroatoms. The summed E-state index contributed by atoms with van der Waals surface area (Å²) in [6.07, 6.45) is 1.13. The van der Waals surface area contributed by atoms with Crippen molar-refractivity contribution in [2.24, 2.45) is 5.41 Å². The number of hydrogen-bond donors (Lipinski definition) is 0. The molecule has 0 unspecified atom stereocenters. The van der Waals surface area contributed by atoms with E-state index in [0.717, 1.165) is 30.7 Å². The number of ether oxygens (including phenoxy) is 2. The van der Waals surface area contributed by atoms with Crippen LogP contribution in [0.25, 0.3) is 0 Å². The summed E-state index contributed by atoms with van der Waals surface area (Å²) in [6.45, 7) is 5.40. The first kappa shape index (κ1) is 12.1. The van der Waals surface area contributed by atoms with Crippen LogP contribution in [-0.2, 0) is 16.1 Å². The van der Waals surface area contributed by atoms with Crippen molar-refractivity contribution in [2.45, 2.75) is 20.0 Å². The van der Waals surface area contributed by atoms with Crippen LogP contribution < -0.4 is 0 Å². The van der Waals surface area contributed by atoms with Gasteiger partial charge in [-0.15, -0.1) is 0 Å². The van der Waals surface area contributed by atoms with Crippen molar-refractivity contribution in [3.05, 3.63) is 34.3 Å². The lowest BCUT2D eigenvalue weighted by atomic mass is 9.84. The van der Waals surface area contributed by atoms with E-state index in [-0.39, 0.29) is 5.41 Å². The predicted octanol–water partition coefficient (Wildman–Crippen LogP) is 3.39. The Balaban J connectivity index is 1.77. The summed E-state index contributed by atoms with van der Waals surface area (Å²) in [5.41, 5.74) is 1.50. The predicted molar refractivity (Wildman–Crippen MR) is 67.3 cm³/mol. The molecule has 1 aliphatic heterocycles. The van der Waals surface area contributed by atoms with Crippen molar-refractivity contribution in [1.82, 2.24) is 0 Å². The molecule has 88 valence electrons. The van der Waals surface area contributed by atoms with Crippen LogP contribution in [0.5, 0.6) is 0 Å². The summed E-state index contributed by atoms with van der Waals surface area (Å²) >= 11 is 3.42. The maximum absolute atomic E-state index is 5.76. The SMILES string of the molecule is CCC1(COCc2ccc(Br)cc2)COC1. The van der Waals surface area contributed by atoms with E-state index >= 15 is 0 Å². The maximum atomic E-state index is 5.76. The molecule has 0 atom stereocenters. The topological polar surface area (TPSA) is 18.5 Å². The minimum Gasteiger partial charge on any atom is -0.380 e. The third kappa shape index (κ3) is 2.84. The first-order valence-corrected chi connectivity index (χ1v) is 6.43. The van der Waals surface area contributed by atoms with Gasteiger partial charge in [-0.05, 0) is 24.1 Å². The van der Waals surface area contributed by atoms with E-state index in [2.05, 4.69) is 35.0 Å². The second kappa shape index (κ2) is 5.30. The Labute approximate surface area is 105 Å². The molecule has 0 bridgehead atoms. The summed E-state index contributed by atoms with van der Waals surface area (Å²) in [5, 5.41) is 0. The number of rotatable bonds is 5. The van der Waals surface area contributed by atoms with Gasteiger partial charge in [0.1, 0.15) is 0 Å². The molecule has 16 heavy (non-hydrogen) atoms. The molecule has 1 heterocycles. The molecule has 0 saturated carbocycles. The Morgan fingerprint density at radius 3 is 2.50 bits per heavy atom. The molecule has 0 amide bonds. The Kier molecular flexibility index (Phi) is 4.00. The van der Waals surface area contributed by atoms with E-state index in [4.69, 9.17) is 9.47 Å². The minimum absolute atomic E-state index is 0.287. The van der Waals surface area contributed by atoms with Crippen LogP contribution >= 0.6 is 15.9 Å². The lowest BCUT2D eigenvalue weighted by Gasteiger charge is -2.40. The largest absolute Gasteiger partial charge is 0.380 e. The van der Waals surface area contributed by atoms with Gasteiger partial charge in [0.2, 0.25) is 0 Å². The molecular weight excluding hydrogens is 268 g/mol. The third-order valence-corrected chi connectivity index (χ3v) is 3.69. The molecule has 0 N–H and O–H groups in total. The van der Waals surface area contributed by atoms with Gasteiger partial charge >= 0.3 is 0 Å². The van der Waals surface area contributed by atoms with Gasteiger partial charge in [-0.1, -0.05) is 35.0 Å². The van der Waals surface area contributed by atoms with Crippen LogP contribution in [-0.4, -0.2) is 19.8 Å². The molecule has 0 spiro atoms. The summed E-state index contributed by atoms with van der Waals surface area (Å²) in [7, 11) is 0. The highest BCUT2D eigenvalue weighted by Crippen LogP contribution is 2.31. The molecule has 1 aromatic carbocycles. The molecule has 0 aliphatic carbocycles. The quantitative estimate of drug-likeness (QED) is 0.825. The summed E-state index contributed by atoms with van der Waals surface area (Å²) in [6, 6.07) is 8.25. The van der Waals surface area contributed by atoms with Gasteiger partial charge in [0.15, 0.2) is 0 Å². The summed E-state index contributed by atoms with van der Waals surface area (Å²) in [4.78, 5) is 0. The number of hydrogen-bond acceptors (Lipinski definition) is 2. The Bertz CT molecular complexity index is 325. The fourth-order valence-corrected chi connectivity index (χ4v) is 2.01. The summed E-state index contributed by atoms with van der Waals surface area (Å²) < 4.78 is 12.1. The van der Waals surface area contributed by atoms with Crippen LogP contribution in [0.15, 0.2) is 28.7 Å². The van der Waals surface area contributed by atoms with E-state index in [1.807, 2.05) is 12.1 Å². The van der Waals surface area contributed by atoms with E-state index in [1.54, 1.807) is 0 Å². The van der Waals surface area contributed by atoms with Crippen molar-refractivity contribution in [1.29, 1.82) is 0 Å². The Morgan fingerprint density at radius 2 is 2.00 bits per heavy atom. The highest BCUT2D eigenvalue weighted by Gasteiger charge is 2.36. The smallest absolute Gasteiger partial charge is 0.0717 e. The van der Waals surface area contributed by atoms with Crippen LogP contribution in [0.3, 0.4) is 0 Å². The van der Waals surface area contributed by atoms with E-state index < -0.39 is 0 Å².